The zero-order chi connectivity index (χ0) is 9.97. The van der Waals surface area contributed by atoms with Crippen molar-refractivity contribution in [3.05, 3.63) is 51.4 Å². The monoisotopic (exact) mass is 269 g/mol. The molecule has 0 radical (unpaired) electrons. The Hall–Kier alpha value is -0.710. The van der Waals surface area contributed by atoms with Gasteiger partial charge in [-0.3, -0.25) is 0 Å². The third-order valence-electron chi connectivity index (χ3n) is 1.91. The summed E-state index contributed by atoms with van der Waals surface area (Å²) >= 11 is 4.67. The predicted molar refractivity (Wildman–Crippen MR) is 60.3 cm³/mol. The number of aromatic nitrogens is 1. The van der Waals surface area contributed by atoms with Gasteiger partial charge in [0.05, 0.1) is 4.88 Å². The van der Waals surface area contributed by atoms with Crippen molar-refractivity contribution in [3.63, 3.8) is 0 Å². The Morgan fingerprint density at radius 2 is 1.93 bits per heavy atom. The Kier molecular flexibility index (Phi) is 2.96. The Bertz CT molecular complexity index is 399. The van der Waals surface area contributed by atoms with Crippen LogP contribution in [-0.2, 0) is 0 Å². The molecule has 1 unspecified atom stereocenters. The molecule has 2 nitrogen and oxygen atoms in total. The molecule has 2 rings (SSSR count). The third kappa shape index (κ3) is 2.03. The highest BCUT2D eigenvalue weighted by atomic mass is 79.9. The molecule has 0 amide bonds. The van der Waals surface area contributed by atoms with Gasteiger partial charge in [-0.1, -0.05) is 28.1 Å². The van der Waals surface area contributed by atoms with Gasteiger partial charge in [0, 0.05) is 10.7 Å². The normalized spacial score (nSPS) is 12.7. The molecule has 0 aliphatic rings. The van der Waals surface area contributed by atoms with Gasteiger partial charge >= 0.3 is 0 Å². The van der Waals surface area contributed by atoms with Crippen LogP contribution in [0.25, 0.3) is 0 Å². The van der Waals surface area contributed by atoms with E-state index in [9.17, 15) is 5.11 Å². The summed E-state index contributed by atoms with van der Waals surface area (Å²) in [5.41, 5.74) is 0.887. The first kappa shape index (κ1) is 9.83. The number of rotatable bonds is 2. The molecule has 4 heteroatoms. The first-order valence-electron chi connectivity index (χ1n) is 4.11. The minimum atomic E-state index is -0.560. The summed E-state index contributed by atoms with van der Waals surface area (Å²) in [7, 11) is 0. The van der Waals surface area contributed by atoms with Gasteiger partial charge < -0.3 is 5.11 Å². The van der Waals surface area contributed by atoms with Crippen LogP contribution in [0.3, 0.4) is 0 Å². The summed E-state index contributed by atoms with van der Waals surface area (Å²) in [5.74, 6) is 0. The van der Waals surface area contributed by atoms with Gasteiger partial charge in [-0.25, -0.2) is 4.37 Å². The number of aliphatic hydroxyl groups is 1. The number of nitrogens with zero attached hydrogens (tertiary/aromatic N) is 1. The van der Waals surface area contributed by atoms with Crippen molar-refractivity contribution in [2.24, 2.45) is 0 Å². The fourth-order valence-electron chi connectivity index (χ4n) is 1.18. The predicted octanol–water partition coefficient (Wildman–Crippen LogP) is 2.99. The maximum absolute atomic E-state index is 9.93. The highest BCUT2D eigenvalue weighted by Crippen LogP contribution is 2.25. The number of hydrogen-bond donors (Lipinski definition) is 1. The van der Waals surface area contributed by atoms with Crippen LogP contribution in [0.1, 0.15) is 16.5 Å². The lowest BCUT2D eigenvalue weighted by Crippen LogP contribution is -1.95. The zero-order valence-electron chi connectivity index (χ0n) is 7.22. The summed E-state index contributed by atoms with van der Waals surface area (Å²) in [6.45, 7) is 0. The lowest BCUT2D eigenvalue weighted by molar-refractivity contribution is 0.224. The van der Waals surface area contributed by atoms with Gasteiger partial charge in [0.1, 0.15) is 6.10 Å². The van der Waals surface area contributed by atoms with E-state index in [2.05, 4.69) is 20.3 Å². The van der Waals surface area contributed by atoms with Gasteiger partial charge in [-0.05, 0) is 35.3 Å². The van der Waals surface area contributed by atoms with Crippen molar-refractivity contribution in [3.8, 4) is 0 Å². The van der Waals surface area contributed by atoms with Crippen LogP contribution >= 0.6 is 27.5 Å². The second-order valence-electron chi connectivity index (χ2n) is 2.87. The maximum Gasteiger partial charge on any atom is 0.115 e. The van der Waals surface area contributed by atoms with E-state index in [1.165, 1.54) is 11.5 Å². The molecule has 0 aliphatic heterocycles. The third-order valence-corrected chi connectivity index (χ3v) is 3.24. The molecule has 14 heavy (non-hydrogen) atoms. The summed E-state index contributed by atoms with van der Waals surface area (Å²) in [4.78, 5) is 0.868. The fourth-order valence-corrected chi connectivity index (χ4v) is 2.04. The Morgan fingerprint density at radius 1 is 1.21 bits per heavy atom. The average molecular weight is 270 g/mol. The molecule has 72 valence electrons. The van der Waals surface area contributed by atoms with Crippen LogP contribution in [0, 0.1) is 0 Å². The summed E-state index contributed by atoms with van der Waals surface area (Å²) < 4.78 is 4.97. The minimum absolute atomic E-state index is 0.560. The highest BCUT2D eigenvalue weighted by molar-refractivity contribution is 9.10. The molecule has 1 aromatic carbocycles. The van der Waals surface area contributed by atoms with E-state index >= 15 is 0 Å². The molecule has 1 aromatic heterocycles. The molecular weight excluding hydrogens is 262 g/mol. The summed E-state index contributed by atoms with van der Waals surface area (Å²) in [6, 6.07) is 9.46. The molecule has 0 spiro atoms. The highest BCUT2D eigenvalue weighted by Gasteiger charge is 2.11. The fraction of sp³-hybridized carbons (Fsp3) is 0.100. The molecule has 1 atom stereocenters. The maximum atomic E-state index is 9.93. The van der Waals surface area contributed by atoms with Crippen molar-refractivity contribution >= 4 is 27.5 Å². The van der Waals surface area contributed by atoms with Crippen molar-refractivity contribution in [2.75, 3.05) is 0 Å². The molecule has 2 aromatic rings. The molecule has 0 bridgehead atoms. The summed E-state index contributed by atoms with van der Waals surface area (Å²) in [6.07, 6.45) is 1.14. The zero-order valence-corrected chi connectivity index (χ0v) is 9.62. The SMILES string of the molecule is OC(c1ccc(Br)cc1)c1ccns1. The van der Waals surface area contributed by atoms with Crippen LogP contribution in [0.2, 0.25) is 0 Å². The van der Waals surface area contributed by atoms with Crippen molar-refractivity contribution < 1.29 is 5.11 Å². The van der Waals surface area contributed by atoms with Crippen molar-refractivity contribution in [2.45, 2.75) is 6.10 Å². The molecule has 0 aliphatic carbocycles. The lowest BCUT2D eigenvalue weighted by Gasteiger charge is -2.07. The molecular formula is C10H8BrNOS. The topological polar surface area (TPSA) is 33.1 Å². The lowest BCUT2D eigenvalue weighted by atomic mass is 10.1. The van der Waals surface area contributed by atoms with Gasteiger partial charge in [0.15, 0.2) is 0 Å². The first-order chi connectivity index (χ1) is 6.77. The Morgan fingerprint density at radius 3 is 2.50 bits per heavy atom. The van der Waals surface area contributed by atoms with E-state index in [1.54, 1.807) is 6.20 Å². The van der Waals surface area contributed by atoms with Gasteiger partial charge in [-0.2, -0.15) is 0 Å². The van der Waals surface area contributed by atoms with Gasteiger partial charge in [0.2, 0.25) is 0 Å². The van der Waals surface area contributed by atoms with E-state index in [-0.39, 0.29) is 0 Å². The van der Waals surface area contributed by atoms with E-state index in [0.717, 1.165) is 14.9 Å². The van der Waals surface area contributed by atoms with E-state index in [0.29, 0.717) is 0 Å². The van der Waals surface area contributed by atoms with Gasteiger partial charge in [-0.15, -0.1) is 0 Å². The second-order valence-corrected chi connectivity index (χ2v) is 4.65. The summed E-state index contributed by atoms with van der Waals surface area (Å²) in [5, 5.41) is 9.93. The van der Waals surface area contributed by atoms with Crippen LogP contribution in [0.4, 0.5) is 0 Å². The quantitative estimate of drug-likeness (QED) is 0.910. The minimum Gasteiger partial charge on any atom is -0.383 e. The van der Waals surface area contributed by atoms with Crippen molar-refractivity contribution in [1.29, 1.82) is 0 Å². The van der Waals surface area contributed by atoms with Gasteiger partial charge in [0.25, 0.3) is 0 Å². The molecule has 1 N–H and O–H groups in total. The van der Waals surface area contributed by atoms with E-state index in [4.69, 9.17) is 0 Å². The largest absolute Gasteiger partial charge is 0.383 e. The van der Waals surface area contributed by atoms with Crippen LogP contribution in [-0.4, -0.2) is 9.48 Å². The van der Waals surface area contributed by atoms with Crippen LogP contribution in [0.15, 0.2) is 41.0 Å². The molecule has 1 heterocycles. The number of hydrogen-bond acceptors (Lipinski definition) is 3. The Balaban J connectivity index is 2.28. The smallest absolute Gasteiger partial charge is 0.115 e. The molecule has 0 fully saturated rings. The number of aliphatic hydroxyl groups excluding tert-OH is 1. The standard InChI is InChI=1S/C10H8BrNOS/c11-8-3-1-7(2-4-8)10(13)9-5-6-12-14-9/h1-6,10,13H. The average Bonchev–Trinajstić information content (AvgIpc) is 2.71. The van der Waals surface area contributed by atoms with Crippen LogP contribution in [0.5, 0.6) is 0 Å². The molecule has 0 saturated heterocycles. The first-order valence-corrected chi connectivity index (χ1v) is 5.68. The Labute approximate surface area is 94.5 Å². The van der Waals surface area contributed by atoms with Crippen LogP contribution < -0.4 is 0 Å². The molecule has 0 saturated carbocycles. The number of halogens is 1. The number of benzene rings is 1. The second kappa shape index (κ2) is 4.21. The van der Waals surface area contributed by atoms with Crippen molar-refractivity contribution in [1.82, 2.24) is 4.37 Å². The van der Waals surface area contributed by atoms with E-state index < -0.39 is 6.10 Å². The van der Waals surface area contributed by atoms with E-state index in [1.807, 2.05) is 30.3 Å².